The van der Waals surface area contributed by atoms with Crippen molar-refractivity contribution in [1.29, 1.82) is 0 Å². The Balaban J connectivity index is 1.22. The smallest absolute Gasteiger partial charge is 0.262 e. The van der Waals surface area contributed by atoms with E-state index in [2.05, 4.69) is 40.5 Å². The maximum Gasteiger partial charge on any atom is 0.262 e. The quantitative estimate of drug-likeness (QED) is 0.382. The van der Waals surface area contributed by atoms with Crippen LogP contribution in [0.4, 0.5) is 0 Å². The molecule has 0 aliphatic heterocycles. The van der Waals surface area contributed by atoms with E-state index in [-0.39, 0.29) is 5.56 Å². The van der Waals surface area contributed by atoms with Crippen LogP contribution in [0.3, 0.4) is 0 Å². The van der Waals surface area contributed by atoms with E-state index in [9.17, 15) is 4.79 Å². The van der Waals surface area contributed by atoms with Gasteiger partial charge in [-0.05, 0) is 81.8 Å². The molecule has 1 atom stereocenters. The number of thiophene rings is 1. The number of aromatic nitrogens is 4. The molecule has 0 bridgehead atoms. The second kappa shape index (κ2) is 10.3. The molecule has 1 N–H and O–H groups in total. The van der Waals surface area contributed by atoms with Gasteiger partial charge in [-0.1, -0.05) is 12.1 Å². The van der Waals surface area contributed by atoms with Crippen LogP contribution in [0.25, 0.3) is 10.2 Å². The van der Waals surface area contributed by atoms with E-state index in [1.165, 1.54) is 16.0 Å². The molecule has 1 aromatic carbocycles. The van der Waals surface area contributed by atoms with Gasteiger partial charge in [-0.2, -0.15) is 5.10 Å². The lowest BCUT2D eigenvalue weighted by Gasteiger charge is -2.23. The highest BCUT2D eigenvalue weighted by atomic mass is 32.1. The van der Waals surface area contributed by atoms with Gasteiger partial charge >= 0.3 is 0 Å². The van der Waals surface area contributed by atoms with Crippen molar-refractivity contribution < 1.29 is 4.74 Å². The van der Waals surface area contributed by atoms with Gasteiger partial charge in [-0.25, -0.2) is 4.98 Å². The number of aryl methyl sites for hydroxylation is 5. The lowest BCUT2D eigenvalue weighted by Crippen LogP contribution is -2.35. The number of ether oxygens (including phenoxy) is 1. The minimum Gasteiger partial charge on any atom is -0.497 e. The zero-order chi connectivity index (χ0) is 24.4. The fourth-order valence-electron chi connectivity index (χ4n) is 5.08. The highest BCUT2D eigenvalue weighted by Gasteiger charge is 2.25. The fraction of sp³-hybridized carbons (Fsp3) is 0.444. The monoisotopic (exact) mass is 491 g/mol. The number of fused-ring (bicyclic) bond motifs is 3. The summed E-state index contributed by atoms with van der Waals surface area (Å²) in [4.78, 5) is 20.2. The molecule has 0 unspecified atom stereocenters. The van der Waals surface area contributed by atoms with Crippen molar-refractivity contribution >= 4 is 21.6 Å². The van der Waals surface area contributed by atoms with Crippen molar-refractivity contribution in [1.82, 2.24) is 24.6 Å². The van der Waals surface area contributed by atoms with E-state index in [4.69, 9.17) is 4.74 Å². The zero-order valence-electron chi connectivity index (χ0n) is 20.7. The van der Waals surface area contributed by atoms with E-state index in [1.54, 1.807) is 29.3 Å². The van der Waals surface area contributed by atoms with Crippen LogP contribution >= 0.6 is 11.3 Å². The average Bonchev–Trinajstić information content (AvgIpc) is 3.39. The Morgan fingerprint density at radius 2 is 2.11 bits per heavy atom. The normalized spacial score (nSPS) is 15.5. The maximum atomic E-state index is 13.3. The number of methoxy groups -OCH3 is 1. The van der Waals surface area contributed by atoms with Crippen LogP contribution in [0.15, 0.2) is 41.5 Å². The highest BCUT2D eigenvalue weighted by molar-refractivity contribution is 7.18. The van der Waals surface area contributed by atoms with Gasteiger partial charge in [0.15, 0.2) is 0 Å². The number of nitrogens with one attached hydrogen (secondary N) is 1. The summed E-state index contributed by atoms with van der Waals surface area (Å²) in [5.41, 5.74) is 4.78. The van der Waals surface area contributed by atoms with Crippen LogP contribution in [0.2, 0.25) is 0 Å². The second-order valence-electron chi connectivity index (χ2n) is 9.43. The van der Waals surface area contributed by atoms with Crippen molar-refractivity contribution in [3.8, 4) is 5.75 Å². The molecule has 8 heteroatoms. The van der Waals surface area contributed by atoms with E-state index >= 15 is 0 Å². The average molecular weight is 492 g/mol. The van der Waals surface area contributed by atoms with Crippen LogP contribution in [0.1, 0.15) is 40.2 Å². The Hall–Kier alpha value is -2.97. The van der Waals surface area contributed by atoms with Gasteiger partial charge in [-0.3, -0.25) is 14.0 Å². The first kappa shape index (κ1) is 23.8. The number of benzene rings is 1. The molecule has 5 rings (SSSR count). The molecule has 3 heterocycles. The number of nitrogens with zero attached hydrogens (tertiary/aromatic N) is 4. The summed E-state index contributed by atoms with van der Waals surface area (Å²) in [6.45, 7) is 6.46. The molecule has 3 aromatic heterocycles. The molecule has 0 fully saturated rings. The van der Waals surface area contributed by atoms with Gasteiger partial charge < -0.3 is 10.1 Å². The molecule has 7 nitrogen and oxygen atoms in total. The number of rotatable bonds is 9. The van der Waals surface area contributed by atoms with Gasteiger partial charge in [0.25, 0.3) is 5.56 Å². The SMILES string of the molecule is COc1cccc(CCN[C@H]2CCc3c(sc4ncn(CCCn5nc(C)cc5C)c(=O)c34)C2)c1. The topological polar surface area (TPSA) is 74.0 Å². The first-order valence-electron chi connectivity index (χ1n) is 12.4. The summed E-state index contributed by atoms with van der Waals surface area (Å²) in [6, 6.07) is 10.8. The van der Waals surface area contributed by atoms with E-state index in [0.29, 0.717) is 12.6 Å². The molecule has 1 aliphatic rings. The maximum absolute atomic E-state index is 13.3. The molecule has 0 saturated heterocycles. The summed E-state index contributed by atoms with van der Waals surface area (Å²) < 4.78 is 9.12. The Labute approximate surface area is 209 Å². The third-order valence-electron chi connectivity index (χ3n) is 6.89. The molecule has 0 saturated carbocycles. The minimum atomic E-state index is 0.102. The summed E-state index contributed by atoms with van der Waals surface area (Å²) in [5.74, 6) is 0.903. The largest absolute Gasteiger partial charge is 0.497 e. The van der Waals surface area contributed by atoms with Gasteiger partial charge in [0.1, 0.15) is 10.6 Å². The summed E-state index contributed by atoms with van der Waals surface area (Å²) in [7, 11) is 1.70. The van der Waals surface area contributed by atoms with Gasteiger partial charge in [0.2, 0.25) is 0 Å². The number of hydrogen-bond acceptors (Lipinski definition) is 6. The molecule has 0 radical (unpaired) electrons. The molecule has 35 heavy (non-hydrogen) atoms. The molecule has 1 aliphatic carbocycles. The Morgan fingerprint density at radius 3 is 2.91 bits per heavy atom. The summed E-state index contributed by atoms with van der Waals surface area (Å²) >= 11 is 1.69. The molecule has 4 aromatic rings. The predicted molar refractivity (Wildman–Crippen MR) is 141 cm³/mol. The molecular formula is C27H33N5O2S. The van der Waals surface area contributed by atoms with Crippen LogP contribution in [0.5, 0.6) is 5.75 Å². The molecule has 184 valence electrons. The van der Waals surface area contributed by atoms with Crippen LogP contribution < -0.4 is 15.6 Å². The Kier molecular flexibility index (Phi) is 7.02. The van der Waals surface area contributed by atoms with Gasteiger partial charge in [0, 0.05) is 29.7 Å². The van der Waals surface area contributed by atoms with Gasteiger partial charge in [0.05, 0.1) is 24.5 Å². The van der Waals surface area contributed by atoms with Crippen molar-refractivity contribution in [2.75, 3.05) is 13.7 Å². The highest BCUT2D eigenvalue weighted by Crippen LogP contribution is 2.33. The van der Waals surface area contributed by atoms with Crippen molar-refractivity contribution in [2.24, 2.45) is 0 Å². The van der Waals surface area contributed by atoms with Crippen LogP contribution in [-0.2, 0) is 32.4 Å². The lowest BCUT2D eigenvalue weighted by molar-refractivity contribution is 0.414. The fourth-order valence-corrected chi connectivity index (χ4v) is 6.33. The first-order chi connectivity index (χ1) is 17.0. The standard InChI is InChI=1S/C27H33N5O2S/c1-18-14-19(2)32(30-18)13-5-12-31-17-29-26-25(27(31)33)23-9-8-21(16-24(23)35-26)28-11-10-20-6-4-7-22(15-20)34-3/h4,6-7,14-15,17,21,28H,5,8-13,16H2,1-3H3/t21-/m0/s1. The van der Waals surface area contributed by atoms with Crippen molar-refractivity contribution in [2.45, 2.75) is 65.1 Å². The number of hydrogen-bond donors (Lipinski definition) is 1. The van der Waals surface area contributed by atoms with Gasteiger partial charge in [-0.15, -0.1) is 11.3 Å². The van der Waals surface area contributed by atoms with Crippen LogP contribution in [-0.4, -0.2) is 39.0 Å². The van der Waals surface area contributed by atoms with E-state index in [0.717, 1.165) is 72.5 Å². The molecular weight excluding hydrogens is 458 g/mol. The minimum absolute atomic E-state index is 0.102. The zero-order valence-corrected chi connectivity index (χ0v) is 21.5. The van der Waals surface area contributed by atoms with Crippen molar-refractivity contribution in [3.63, 3.8) is 0 Å². The van der Waals surface area contributed by atoms with Crippen molar-refractivity contribution in [3.05, 3.63) is 74.4 Å². The summed E-state index contributed by atoms with van der Waals surface area (Å²) in [5, 5.41) is 9.08. The Bertz CT molecular complexity index is 1390. The third kappa shape index (κ3) is 5.18. The van der Waals surface area contributed by atoms with E-state index < -0.39 is 0 Å². The summed E-state index contributed by atoms with van der Waals surface area (Å²) in [6.07, 6.45) is 6.48. The molecule has 0 amide bonds. The predicted octanol–water partition coefficient (Wildman–Crippen LogP) is 4.06. The lowest BCUT2D eigenvalue weighted by atomic mass is 9.93. The van der Waals surface area contributed by atoms with Crippen LogP contribution in [0, 0.1) is 13.8 Å². The first-order valence-corrected chi connectivity index (χ1v) is 13.2. The molecule has 0 spiro atoms. The second-order valence-corrected chi connectivity index (χ2v) is 10.5. The Morgan fingerprint density at radius 1 is 1.23 bits per heavy atom. The van der Waals surface area contributed by atoms with E-state index in [1.807, 2.05) is 23.7 Å². The third-order valence-corrected chi connectivity index (χ3v) is 8.05.